The number of aliphatic hydroxyl groups excluding tert-OH is 1. The Morgan fingerprint density at radius 2 is 2.19 bits per heavy atom. The summed E-state index contributed by atoms with van der Waals surface area (Å²) in [4.78, 5) is 23.0. The third-order valence-corrected chi connectivity index (χ3v) is 3.56. The van der Waals surface area contributed by atoms with Crippen molar-refractivity contribution in [1.29, 1.82) is 0 Å². The fourth-order valence-corrected chi connectivity index (χ4v) is 2.54. The van der Waals surface area contributed by atoms with E-state index in [4.69, 9.17) is 5.11 Å². The molecule has 1 fully saturated rings. The first-order valence-electron chi connectivity index (χ1n) is 6.49. The number of nitrogens with zero attached hydrogens (tertiary/aromatic N) is 4. The lowest BCUT2D eigenvalue weighted by Gasteiger charge is -2.21. The quantitative estimate of drug-likeness (QED) is 0.525. The average Bonchev–Trinajstić information content (AvgIpc) is 2.70. The first-order valence-corrected chi connectivity index (χ1v) is 6.49. The van der Waals surface area contributed by atoms with Crippen molar-refractivity contribution in [3.8, 4) is 0 Å². The molecule has 1 aliphatic rings. The Kier molecular flexibility index (Phi) is 4.26. The minimum Gasteiger partial charge on any atom is -0.465 e. The van der Waals surface area contributed by atoms with E-state index in [0.29, 0.717) is 31.7 Å². The molecule has 0 spiro atoms. The van der Waals surface area contributed by atoms with Crippen LogP contribution in [0.25, 0.3) is 0 Å². The lowest BCUT2D eigenvalue weighted by Crippen LogP contribution is -2.42. The van der Waals surface area contributed by atoms with Gasteiger partial charge < -0.3 is 20.4 Å². The molecule has 2 atom stereocenters. The number of nitrogens with one attached hydrogen (secondary N) is 1. The fraction of sp³-hybridized carbons (Fsp3) is 0.636. The molecule has 3 N–H and O–H groups in total. The van der Waals surface area contributed by atoms with Gasteiger partial charge in [-0.1, -0.05) is 0 Å². The summed E-state index contributed by atoms with van der Waals surface area (Å²) in [5.74, 6) is 0.364. The molecular formula is C11H17N5O5. The van der Waals surface area contributed by atoms with E-state index in [0.717, 1.165) is 0 Å². The van der Waals surface area contributed by atoms with Crippen LogP contribution in [0.4, 0.5) is 16.3 Å². The third kappa shape index (κ3) is 3.21. The van der Waals surface area contributed by atoms with Gasteiger partial charge in [0.05, 0.1) is 17.1 Å². The molecule has 2 rings (SSSR count). The van der Waals surface area contributed by atoms with E-state index < -0.39 is 23.2 Å². The number of aliphatic hydroxyl groups is 1. The Hall–Kier alpha value is -2.36. The smallest absolute Gasteiger partial charge is 0.404 e. The van der Waals surface area contributed by atoms with Crippen LogP contribution in [-0.2, 0) is 7.05 Å². The molecule has 1 aliphatic heterocycles. The van der Waals surface area contributed by atoms with Crippen LogP contribution in [-0.4, -0.2) is 56.2 Å². The largest absolute Gasteiger partial charge is 0.465 e. The van der Waals surface area contributed by atoms with Crippen LogP contribution >= 0.6 is 0 Å². The number of amides is 1. The average molecular weight is 299 g/mol. The van der Waals surface area contributed by atoms with Crippen LogP contribution < -0.4 is 10.2 Å². The summed E-state index contributed by atoms with van der Waals surface area (Å²) in [5.41, 5.74) is -0.100. The van der Waals surface area contributed by atoms with Gasteiger partial charge in [-0.15, -0.1) is 0 Å². The van der Waals surface area contributed by atoms with E-state index in [-0.39, 0.29) is 5.69 Å². The summed E-state index contributed by atoms with van der Waals surface area (Å²) in [6.45, 7) is 0.779. The maximum Gasteiger partial charge on any atom is 0.404 e. The number of anilines is 1. The maximum atomic E-state index is 11.0. The number of hydrogen-bond donors (Lipinski definition) is 3. The highest BCUT2D eigenvalue weighted by atomic mass is 16.6. The van der Waals surface area contributed by atoms with Crippen molar-refractivity contribution in [2.75, 3.05) is 18.0 Å². The molecule has 10 heteroatoms. The zero-order valence-corrected chi connectivity index (χ0v) is 11.5. The van der Waals surface area contributed by atoms with Gasteiger partial charge in [0.15, 0.2) is 0 Å². The molecule has 0 bridgehead atoms. The van der Waals surface area contributed by atoms with Gasteiger partial charge in [-0.2, -0.15) is 5.10 Å². The number of aryl methyl sites for hydroxylation is 1. The topological polar surface area (TPSA) is 134 Å². The maximum absolute atomic E-state index is 11.0. The van der Waals surface area contributed by atoms with Crippen LogP contribution in [0.5, 0.6) is 0 Å². The molecule has 1 amide bonds. The molecule has 116 valence electrons. The minimum absolute atomic E-state index is 0.100. The van der Waals surface area contributed by atoms with E-state index in [1.54, 1.807) is 11.9 Å². The van der Waals surface area contributed by atoms with Gasteiger partial charge in [0, 0.05) is 20.1 Å². The third-order valence-electron chi connectivity index (χ3n) is 3.56. The Labute approximate surface area is 120 Å². The summed E-state index contributed by atoms with van der Waals surface area (Å²) in [5, 5.41) is 35.9. The van der Waals surface area contributed by atoms with Gasteiger partial charge in [-0.25, -0.2) is 9.48 Å². The molecule has 0 unspecified atom stereocenters. The Bertz CT molecular complexity index is 545. The van der Waals surface area contributed by atoms with Crippen molar-refractivity contribution in [2.24, 2.45) is 7.05 Å². The van der Waals surface area contributed by atoms with Gasteiger partial charge in [-0.3, -0.25) is 10.1 Å². The predicted octanol–water partition coefficient (Wildman–Crippen LogP) is -0.0744. The molecule has 0 aromatic carbocycles. The van der Waals surface area contributed by atoms with Gasteiger partial charge in [0.1, 0.15) is 6.20 Å². The first-order chi connectivity index (χ1) is 9.90. The highest BCUT2D eigenvalue weighted by Gasteiger charge is 2.30. The fourth-order valence-electron chi connectivity index (χ4n) is 2.54. The number of aromatic nitrogens is 2. The van der Waals surface area contributed by atoms with Crippen LogP contribution in [0.1, 0.15) is 12.8 Å². The van der Waals surface area contributed by atoms with Crippen LogP contribution in [0.3, 0.4) is 0 Å². The van der Waals surface area contributed by atoms with Crippen molar-refractivity contribution in [3.05, 3.63) is 16.3 Å². The number of hydrogen-bond acceptors (Lipinski definition) is 6. The van der Waals surface area contributed by atoms with Crippen molar-refractivity contribution >= 4 is 17.6 Å². The van der Waals surface area contributed by atoms with E-state index in [1.165, 1.54) is 10.9 Å². The number of carboxylic acid groups (broad SMARTS) is 1. The number of carbonyl (C=O) groups is 1. The predicted molar refractivity (Wildman–Crippen MR) is 72.3 cm³/mol. The molecule has 21 heavy (non-hydrogen) atoms. The summed E-state index contributed by atoms with van der Waals surface area (Å²) < 4.78 is 1.41. The highest BCUT2D eigenvalue weighted by Crippen LogP contribution is 2.29. The zero-order chi connectivity index (χ0) is 15.6. The Morgan fingerprint density at radius 3 is 2.81 bits per heavy atom. The molecule has 1 saturated heterocycles. The molecule has 2 heterocycles. The number of rotatable bonds is 3. The van der Waals surface area contributed by atoms with Crippen molar-refractivity contribution in [3.63, 3.8) is 0 Å². The second kappa shape index (κ2) is 5.95. The zero-order valence-electron chi connectivity index (χ0n) is 11.5. The molecule has 0 radical (unpaired) electrons. The second-order valence-corrected chi connectivity index (χ2v) is 4.92. The second-order valence-electron chi connectivity index (χ2n) is 4.92. The molecular weight excluding hydrogens is 282 g/mol. The monoisotopic (exact) mass is 299 g/mol. The van der Waals surface area contributed by atoms with Crippen LogP contribution in [0.2, 0.25) is 0 Å². The lowest BCUT2D eigenvalue weighted by atomic mass is 10.1. The van der Waals surface area contributed by atoms with Gasteiger partial charge in [0.25, 0.3) is 0 Å². The van der Waals surface area contributed by atoms with E-state index in [2.05, 4.69) is 10.4 Å². The van der Waals surface area contributed by atoms with Gasteiger partial charge in [-0.05, 0) is 12.8 Å². The summed E-state index contributed by atoms with van der Waals surface area (Å²) in [7, 11) is 1.61. The van der Waals surface area contributed by atoms with E-state index >= 15 is 0 Å². The lowest BCUT2D eigenvalue weighted by molar-refractivity contribution is -0.384. The molecule has 10 nitrogen and oxygen atoms in total. The molecule has 1 aromatic heterocycles. The van der Waals surface area contributed by atoms with E-state index in [1.807, 2.05) is 0 Å². The van der Waals surface area contributed by atoms with Gasteiger partial charge in [0.2, 0.25) is 5.82 Å². The summed E-state index contributed by atoms with van der Waals surface area (Å²) in [6.07, 6.45) is -0.162. The first kappa shape index (κ1) is 15.0. The Morgan fingerprint density at radius 1 is 1.52 bits per heavy atom. The SMILES string of the molecule is Cn1ncc([N+](=O)[O-])c1N1CC[C@@H](O)[C@@H](NC(=O)O)CC1. The van der Waals surface area contributed by atoms with Crippen LogP contribution in [0, 0.1) is 10.1 Å². The highest BCUT2D eigenvalue weighted by molar-refractivity contribution is 5.65. The summed E-state index contributed by atoms with van der Waals surface area (Å²) >= 11 is 0. The normalized spacial score (nSPS) is 22.7. The molecule has 0 saturated carbocycles. The summed E-state index contributed by atoms with van der Waals surface area (Å²) in [6, 6.07) is -0.584. The minimum atomic E-state index is -1.20. The van der Waals surface area contributed by atoms with Crippen molar-refractivity contribution < 1.29 is 19.9 Å². The van der Waals surface area contributed by atoms with Crippen molar-refractivity contribution in [2.45, 2.75) is 25.0 Å². The molecule has 1 aromatic rings. The Balaban J connectivity index is 2.18. The van der Waals surface area contributed by atoms with Gasteiger partial charge >= 0.3 is 11.8 Å². The molecule has 0 aliphatic carbocycles. The standard InChI is InChI=1S/C11H17N5O5/c1-14-10(8(6-12-14)16(20)21)15-4-2-7(13-11(18)19)9(17)3-5-15/h6-7,9,13,17H,2-5H2,1H3,(H,18,19)/t7-,9+/m0/s1. The number of nitro groups is 1. The van der Waals surface area contributed by atoms with Crippen molar-refractivity contribution in [1.82, 2.24) is 15.1 Å². The van der Waals surface area contributed by atoms with E-state index in [9.17, 15) is 20.0 Å². The van der Waals surface area contributed by atoms with Crippen LogP contribution in [0.15, 0.2) is 6.20 Å².